The molecule has 0 aliphatic heterocycles. The fourth-order valence-corrected chi connectivity index (χ4v) is 1.84. The van der Waals surface area contributed by atoms with E-state index in [-0.39, 0.29) is 11.7 Å². The van der Waals surface area contributed by atoms with Crippen LogP contribution >= 0.6 is 0 Å². The van der Waals surface area contributed by atoms with Gasteiger partial charge in [0, 0.05) is 25.7 Å². The number of rotatable bonds is 6. The van der Waals surface area contributed by atoms with E-state index in [9.17, 15) is 14.9 Å². The largest absolute Gasteiger partial charge is 0.338 e. The molecule has 116 valence electrons. The van der Waals surface area contributed by atoms with E-state index < -0.39 is 4.92 Å². The molecule has 0 atom stereocenters. The zero-order valence-electron chi connectivity index (χ0n) is 12.0. The van der Waals surface area contributed by atoms with E-state index in [1.54, 1.807) is 19.2 Å². The van der Waals surface area contributed by atoms with Gasteiger partial charge in [-0.05, 0) is 12.0 Å². The number of hydrogen-bond donors (Lipinski definition) is 2. The number of hydrogen-bond acceptors (Lipinski definition) is 5. The zero-order chi connectivity index (χ0) is 15.9. The minimum Gasteiger partial charge on any atom is -0.338 e. The van der Waals surface area contributed by atoms with Gasteiger partial charge in [-0.15, -0.1) is 0 Å². The summed E-state index contributed by atoms with van der Waals surface area (Å²) < 4.78 is 0. The molecule has 22 heavy (non-hydrogen) atoms. The second kappa shape index (κ2) is 7.16. The van der Waals surface area contributed by atoms with E-state index in [0.717, 1.165) is 5.56 Å². The van der Waals surface area contributed by atoms with Gasteiger partial charge in [-0.3, -0.25) is 15.2 Å². The van der Waals surface area contributed by atoms with E-state index in [1.165, 1.54) is 23.4 Å². The first kappa shape index (κ1) is 15.4. The van der Waals surface area contributed by atoms with Crippen LogP contribution in [0.25, 0.3) is 0 Å². The molecule has 0 fully saturated rings. The van der Waals surface area contributed by atoms with Gasteiger partial charge in [-0.1, -0.05) is 12.1 Å². The Labute approximate surface area is 126 Å². The molecule has 0 saturated carbocycles. The van der Waals surface area contributed by atoms with Crippen LogP contribution in [0.3, 0.4) is 0 Å². The highest BCUT2D eigenvalue weighted by Gasteiger charge is 2.10. The fraction of sp³-hybridized carbons (Fsp3) is 0.308. The fourth-order valence-electron chi connectivity index (χ4n) is 1.84. The summed E-state index contributed by atoms with van der Waals surface area (Å²) in [6.45, 7) is 0.779. The molecule has 2 aromatic rings. The Morgan fingerprint density at radius 2 is 2.14 bits per heavy atom. The molecule has 1 heterocycles. The van der Waals surface area contributed by atoms with E-state index in [0.29, 0.717) is 25.3 Å². The Morgan fingerprint density at radius 3 is 2.73 bits per heavy atom. The molecule has 0 bridgehead atoms. The second-order valence-corrected chi connectivity index (χ2v) is 4.69. The summed E-state index contributed by atoms with van der Waals surface area (Å²) in [5, 5.41) is 19.7. The van der Waals surface area contributed by atoms with E-state index in [2.05, 4.69) is 20.5 Å². The number of nitro groups is 1. The summed E-state index contributed by atoms with van der Waals surface area (Å²) in [5.41, 5.74) is 0.975. The Morgan fingerprint density at radius 1 is 1.41 bits per heavy atom. The number of amides is 2. The molecular formula is C13H16N6O3. The standard InChI is InChI=1S/C13H16N6O3/c1-18(8-12-15-9-16-17-12)13(20)14-7-6-10-2-4-11(5-3-10)19(21)22/h2-5,9H,6-8H2,1H3,(H,14,20)(H,15,16,17). The lowest BCUT2D eigenvalue weighted by Crippen LogP contribution is -2.38. The number of nitrogens with one attached hydrogen (secondary N) is 2. The number of aromatic nitrogens is 3. The van der Waals surface area contributed by atoms with Crippen LogP contribution in [0.5, 0.6) is 0 Å². The number of carbonyl (C=O) groups is 1. The van der Waals surface area contributed by atoms with Crippen molar-refractivity contribution < 1.29 is 9.72 Å². The molecule has 0 spiro atoms. The number of aromatic amines is 1. The van der Waals surface area contributed by atoms with Crippen LogP contribution in [0.15, 0.2) is 30.6 Å². The van der Waals surface area contributed by atoms with Crippen molar-refractivity contribution in [3.63, 3.8) is 0 Å². The van der Waals surface area contributed by atoms with Crippen LogP contribution in [-0.2, 0) is 13.0 Å². The smallest absolute Gasteiger partial charge is 0.317 e. The van der Waals surface area contributed by atoms with Gasteiger partial charge in [-0.25, -0.2) is 9.78 Å². The minimum atomic E-state index is -0.440. The quantitative estimate of drug-likeness (QED) is 0.612. The minimum absolute atomic E-state index is 0.0552. The first-order chi connectivity index (χ1) is 10.6. The number of nitro benzene ring substituents is 1. The SMILES string of the molecule is CN(Cc1ncn[nH]1)C(=O)NCCc1ccc([N+](=O)[O-])cc1. The molecule has 0 unspecified atom stereocenters. The Bertz CT molecular complexity index is 626. The average Bonchev–Trinajstić information content (AvgIpc) is 3.00. The van der Waals surface area contributed by atoms with Crippen LogP contribution < -0.4 is 5.32 Å². The molecule has 9 nitrogen and oxygen atoms in total. The third-order valence-corrected chi connectivity index (χ3v) is 3.04. The summed E-state index contributed by atoms with van der Waals surface area (Å²) in [6, 6.07) is 6.05. The van der Waals surface area contributed by atoms with Crippen LogP contribution in [0, 0.1) is 10.1 Å². The molecule has 0 aliphatic rings. The van der Waals surface area contributed by atoms with Gasteiger partial charge in [0.25, 0.3) is 5.69 Å². The van der Waals surface area contributed by atoms with Gasteiger partial charge in [0.15, 0.2) is 0 Å². The normalized spacial score (nSPS) is 10.2. The van der Waals surface area contributed by atoms with E-state index >= 15 is 0 Å². The van der Waals surface area contributed by atoms with Crippen LogP contribution in [-0.4, -0.2) is 44.6 Å². The van der Waals surface area contributed by atoms with Gasteiger partial charge in [0.2, 0.25) is 0 Å². The Balaban J connectivity index is 1.75. The van der Waals surface area contributed by atoms with Crippen molar-refractivity contribution in [3.05, 3.63) is 52.1 Å². The van der Waals surface area contributed by atoms with E-state index in [1.807, 2.05) is 0 Å². The summed E-state index contributed by atoms with van der Waals surface area (Å²) in [4.78, 5) is 27.4. The average molecular weight is 304 g/mol. The summed E-state index contributed by atoms with van der Waals surface area (Å²) in [6.07, 6.45) is 1.98. The zero-order valence-corrected chi connectivity index (χ0v) is 12.0. The molecule has 2 N–H and O–H groups in total. The molecule has 2 amide bonds. The van der Waals surface area contributed by atoms with Crippen molar-refractivity contribution >= 4 is 11.7 Å². The van der Waals surface area contributed by atoms with Gasteiger partial charge < -0.3 is 10.2 Å². The van der Waals surface area contributed by atoms with Crippen LogP contribution in [0.4, 0.5) is 10.5 Å². The molecule has 0 aliphatic carbocycles. The third-order valence-electron chi connectivity index (χ3n) is 3.04. The molecular weight excluding hydrogens is 288 g/mol. The number of urea groups is 1. The highest BCUT2D eigenvalue weighted by Crippen LogP contribution is 2.11. The van der Waals surface area contributed by atoms with Crippen molar-refractivity contribution in [1.82, 2.24) is 25.4 Å². The monoisotopic (exact) mass is 304 g/mol. The molecule has 1 aromatic heterocycles. The van der Waals surface area contributed by atoms with Crippen molar-refractivity contribution in [2.45, 2.75) is 13.0 Å². The van der Waals surface area contributed by atoms with E-state index in [4.69, 9.17) is 0 Å². The maximum atomic E-state index is 11.9. The first-order valence-corrected chi connectivity index (χ1v) is 6.63. The maximum Gasteiger partial charge on any atom is 0.317 e. The van der Waals surface area contributed by atoms with Crippen molar-refractivity contribution in [2.24, 2.45) is 0 Å². The highest BCUT2D eigenvalue weighted by molar-refractivity contribution is 5.73. The van der Waals surface area contributed by atoms with Crippen LogP contribution in [0.2, 0.25) is 0 Å². The lowest BCUT2D eigenvalue weighted by molar-refractivity contribution is -0.384. The highest BCUT2D eigenvalue weighted by atomic mass is 16.6. The summed E-state index contributed by atoms with van der Waals surface area (Å²) in [7, 11) is 1.66. The first-order valence-electron chi connectivity index (χ1n) is 6.63. The Kier molecular flexibility index (Phi) is 5.02. The lowest BCUT2D eigenvalue weighted by atomic mass is 10.1. The lowest BCUT2D eigenvalue weighted by Gasteiger charge is -2.16. The molecule has 0 radical (unpaired) electrons. The second-order valence-electron chi connectivity index (χ2n) is 4.69. The Hall–Kier alpha value is -2.97. The maximum absolute atomic E-state index is 11.9. The predicted octanol–water partition coefficient (Wildman–Crippen LogP) is 1.10. The number of H-pyrrole nitrogens is 1. The van der Waals surface area contributed by atoms with Crippen molar-refractivity contribution in [3.8, 4) is 0 Å². The van der Waals surface area contributed by atoms with Gasteiger partial charge in [0.05, 0.1) is 11.5 Å². The number of carbonyl (C=O) groups excluding carboxylic acids is 1. The predicted molar refractivity (Wildman–Crippen MR) is 78.0 cm³/mol. The summed E-state index contributed by atoms with van der Waals surface area (Å²) >= 11 is 0. The van der Waals surface area contributed by atoms with Gasteiger partial charge in [-0.2, -0.15) is 5.10 Å². The third kappa shape index (κ3) is 4.27. The molecule has 2 rings (SSSR count). The summed E-state index contributed by atoms with van der Waals surface area (Å²) in [5.74, 6) is 0.605. The van der Waals surface area contributed by atoms with Crippen LogP contribution in [0.1, 0.15) is 11.4 Å². The van der Waals surface area contributed by atoms with Gasteiger partial charge in [0.1, 0.15) is 12.2 Å². The molecule has 0 saturated heterocycles. The number of non-ortho nitro benzene ring substituents is 1. The number of nitrogens with zero attached hydrogens (tertiary/aromatic N) is 4. The number of benzene rings is 1. The van der Waals surface area contributed by atoms with Crippen molar-refractivity contribution in [2.75, 3.05) is 13.6 Å². The molecule has 1 aromatic carbocycles. The van der Waals surface area contributed by atoms with Gasteiger partial charge >= 0.3 is 6.03 Å². The molecule has 9 heteroatoms. The van der Waals surface area contributed by atoms with Crippen molar-refractivity contribution in [1.29, 1.82) is 0 Å². The topological polar surface area (TPSA) is 117 Å².